The third-order valence-electron chi connectivity index (χ3n) is 6.03. The van der Waals surface area contributed by atoms with Gasteiger partial charge in [-0.05, 0) is 24.5 Å². The number of para-hydroxylation sites is 1. The van der Waals surface area contributed by atoms with E-state index in [2.05, 4.69) is 10.6 Å². The molecule has 1 unspecified atom stereocenters. The van der Waals surface area contributed by atoms with Crippen molar-refractivity contribution in [1.29, 1.82) is 0 Å². The molecule has 0 aromatic heterocycles. The van der Waals surface area contributed by atoms with Gasteiger partial charge < -0.3 is 25.0 Å². The number of halogens is 1. The molecule has 4 rings (SSSR count). The van der Waals surface area contributed by atoms with E-state index in [1.54, 1.807) is 4.90 Å². The maximum atomic E-state index is 13.0. The fourth-order valence-electron chi connectivity index (χ4n) is 4.42. The summed E-state index contributed by atoms with van der Waals surface area (Å²) in [5, 5.41) is 5.93. The Morgan fingerprint density at radius 1 is 1.15 bits per heavy atom. The molecule has 2 aromatic rings. The number of fused-ring (bicyclic) bond motifs is 1. The van der Waals surface area contributed by atoms with Crippen LogP contribution in [0.4, 0.5) is 11.4 Å². The van der Waals surface area contributed by atoms with Crippen LogP contribution in [0.2, 0.25) is 5.02 Å². The lowest BCUT2D eigenvalue weighted by Gasteiger charge is -2.40. The third-order valence-corrected chi connectivity index (χ3v) is 6.33. The molecule has 2 heterocycles. The molecule has 0 saturated carbocycles. The zero-order valence-electron chi connectivity index (χ0n) is 18.3. The van der Waals surface area contributed by atoms with Crippen molar-refractivity contribution in [3.63, 3.8) is 0 Å². The van der Waals surface area contributed by atoms with E-state index < -0.39 is 17.4 Å². The van der Waals surface area contributed by atoms with Gasteiger partial charge in [0.05, 0.1) is 24.9 Å². The van der Waals surface area contributed by atoms with Gasteiger partial charge in [0.1, 0.15) is 17.0 Å². The second-order valence-corrected chi connectivity index (χ2v) is 8.33. The number of ether oxygens (including phenoxy) is 2. The molecule has 1 saturated heterocycles. The summed E-state index contributed by atoms with van der Waals surface area (Å²) in [6, 6.07) is 10.6. The van der Waals surface area contributed by atoms with Crippen LogP contribution in [0.15, 0.2) is 48.6 Å². The standard InChI is InChI=1S/C24H24ClN3O5/c1-32-19-13-18(20(33-2)12-16(19)25)26-21(29)8-9-22(30)28-11-5-10-24(28)14-15-6-3-4-7-17(15)27-23(24)31/h3-4,6-9,12-13H,5,10-11,14H2,1-2H3,(H,26,29)(H,27,31)/b9-8+. The number of hydrogen-bond donors (Lipinski definition) is 2. The second-order valence-electron chi connectivity index (χ2n) is 7.92. The number of carbonyl (C=O) groups excluding carboxylic acids is 3. The molecular weight excluding hydrogens is 446 g/mol. The van der Waals surface area contributed by atoms with Gasteiger partial charge in [-0.3, -0.25) is 14.4 Å². The van der Waals surface area contributed by atoms with E-state index in [1.807, 2.05) is 24.3 Å². The Hall–Kier alpha value is -3.52. The summed E-state index contributed by atoms with van der Waals surface area (Å²) in [5.74, 6) is -0.390. The molecule has 0 bridgehead atoms. The minimum Gasteiger partial charge on any atom is -0.495 e. The van der Waals surface area contributed by atoms with E-state index in [0.717, 1.165) is 17.3 Å². The van der Waals surface area contributed by atoms with E-state index in [0.29, 0.717) is 48.0 Å². The summed E-state index contributed by atoms with van der Waals surface area (Å²) in [7, 11) is 2.91. The highest BCUT2D eigenvalue weighted by atomic mass is 35.5. The average Bonchev–Trinajstić information content (AvgIpc) is 3.23. The lowest BCUT2D eigenvalue weighted by molar-refractivity contribution is -0.139. The van der Waals surface area contributed by atoms with E-state index in [4.69, 9.17) is 21.1 Å². The first-order valence-corrected chi connectivity index (χ1v) is 10.9. The highest BCUT2D eigenvalue weighted by Crippen LogP contribution is 2.39. The van der Waals surface area contributed by atoms with Gasteiger partial charge in [-0.2, -0.15) is 0 Å². The first kappa shape index (κ1) is 22.7. The molecule has 0 radical (unpaired) electrons. The lowest BCUT2D eigenvalue weighted by atomic mass is 9.83. The van der Waals surface area contributed by atoms with Crippen molar-refractivity contribution in [2.75, 3.05) is 31.4 Å². The Balaban J connectivity index is 1.50. The minimum atomic E-state index is -0.945. The number of nitrogens with zero attached hydrogens (tertiary/aromatic N) is 1. The lowest BCUT2D eigenvalue weighted by Crippen LogP contribution is -2.58. The second kappa shape index (κ2) is 9.15. The molecule has 1 fully saturated rings. The molecule has 2 aromatic carbocycles. The van der Waals surface area contributed by atoms with E-state index >= 15 is 0 Å². The normalized spacial score (nSPS) is 19.4. The molecule has 3 amide bonds. The molecule has 1 atom stereocenters. The topological polar surface area (TPSA) is 97.0 Å². The largest absolute Gasteiger partial charge is 0.495 e. The van der Waals surface area contributed by atoms with Gasteiger partial charge in [-0.25, -0.2) is 0 Å². The number of amides is 3. The van der Waals surface area contributed by atoms with Crippen LogP contribution >= 0.6 is 11.6 Å². The van der Waals surface area contributed by atoms with Crippen molar-refractivity contribution in [3.05, 3.63) is 59.1 Å². The maximum Gasteiger partial charge on any atom is 0.250 e. The highest BCUT2D eigenvalue weighted by molar-refractivity contribution is 6.32. The van der Waals surface area contributed by atoms with Crippen molar-refractivity contribution >= 4 is 40.7 Å². The fourth-order valence-corrected chi connectivity index (χ4v) is 4.65. The van der Waals surface area contributed by atoms with Gasteiger partial charge >= 0.3 is 0 Å². The minimum absolute atomic E-state index is 0.192. The van der Waals surface area contributed by atoms with Crippen LogP contribution in [0.25, 0.3) is 0 Å². The van der Waals surface area contributed by atoms with Crippen LogP contribution < -0.4 is 20.1 Å². The Morgan fingerprint density at radius 2 is 1.91 bits per heavy atom. The predicted octanol–water partition coefficient (Wildman–Crippen LogP) is 3.41. The van der Waals surface area contributed by atoms with E-state index in [1.165, 1.54) is 32.4 Å². The van der Waals surface area contributed by atoms with Crippen molar-refractivity contribution in [3.8, 4) is 11.5 Å². The Kier molecular flexibility index (Phi) is 6.29. The van der Waals surface area contributed by atoms with Crippen molar-refractivity contribution in [2.45, 2.75) is 24.8 Å². The van der Waals surface area contributed by atoms with Crippen LogP contribution in [-0.2, 0) is 20.8 Å². The quantitative estimate of drug-likeness (QED) is 0.654. The summed E-state index contributed by atoms with van der Waals surface area (Å²) in [6.45, 7) is 0.447. The van der Waals surface area contributed by atoms with Crippen molar-refractivity contribution in [1.82, 2.24) is 4.90 Å². The summed E-state index contributed by atoms with van der Waals surface area (Å²) >= 11 is 6.09. The monoisotopic (exact) mass is 469 g/mol. The summed E-state index contributed by atoms with van der Waals surface area (Å²) in [4.78, 5) is 40.1. The Bertz CT molecular complexity index is 1150. The summed E-state index contributed by atoms with van der Waals surface area (Å²) in [6.07, 6.45) is 4.06. The highest BCUT2D eigenvalue weighted by Gasteiger charge is 2.51. The molecule has 1 spiro atoms. The molecule has 2 N–H and O–H groups in total. The van der Waals surface area contributed by atoms with Crippen LogP contribution in [0.5, 0.6) is 11.5 Å². The molecular formula is C24H24ClN3O5. The van der Waals surface area contributed by atoms with Crippen molar-refractivity contribution < 1.29 is 23.9 Å². The van der Waals surface area contributed by atoms with Gasteiger partial charge in [0.25, 0.3) is 5.91 Å². The number of rotatable bonds is 5. The molecule has 2 aliphatic heterocycles. The molecule has 0 aliphatic carbocycles. The third kappa shape index (κ3) is 4.26. The average molecular weight is 470 g/mol. The number of carbonyl (C=O) groups is 3. The van der Waals surface area contributed by atoms with Gasteiger partial charge in [0.15, 0.2) is 0 Å². The van der Waals surface area contributed by atoms with Crippen LogP contribution in [0.1, 0.15) is 18.4 Å². The van der Waals surface area contributed by atoms with E-state index in [9.17, 15) is 14.4 Å². The number of likely N-dealkylation sites (tertiary alicyclic amines) is 1. The molecule has 172 valence electrons. The van der Waals surface area contributed by atoms with Gasteiger partial charge in [-0.1, -0.05) is 29.8 Å². The van der Waals surface area contributed by atoms with E-state index in [-0.39, 0.29) is 5.91 Å². The zero-order valence-corrected chi connectivity index (χ0v) is 19.1. The first-order valence-electron chi connectivity index (χ1n) is 10.5. The number of hydrogen-bond acceptors (Lipinski definition) is 5. The predicted molar refractivity (Wildman–Crippen MR) is 125 cm³/mol. The van der Waals surface area contributed by atoms with Crippen LogP contribution in [0, 0.1) is 0 Å². The smallest absolute Gasteiger partial charge is 0.250 e. The number of benzene rings is 2. The molecule has 2 aliphatic rings. The molecule has 9 heteroatoms. The van der Waals surface area contributed by atoms with Crippen LogP contribution in [-0.4, -0.2) is 48.9 Å². The zero-order chi connectivity index (χ0) is 23.6. The summed E-state index contributed by atoms with van der Waals surface area (Å²) < 4.78 is 10.4. The van der Waals surface area contributed by atoms with Crippen molar-refractivity contribution in [2.24, 2.45) is 0 Å². The molecule has 8 nitrogen and oxygen atoms in total. The Morgan fingerprint density at radius 3 is 2.67 bits per heavy atom. The van der Waals surface area contributed by atoms with Gasteiger partial charge in [0, 0.05) is 42.9 Å². The van der Waals surface area contributed by atoms with Crippen LogP contribution in [0.3, 0.4) is 0 Å². The number of methoxy groups -OCH3 is 2. The van der Waals surface area contributed by atoms with Gasteiger partial charge in [-0.15, -0.1) is 0 Å². The SMILES string of the molecule is COc1cc(NC(=O)/C=C/C(=O)N2CCCC23Cc2ccccc2NC3=O)c(OC)cc1Cl. The maximum absolute atomic E-state index is 13.0. The first-order chi connectivity index (χ1) is 15.9. The summed E-state index contributed by atoms with van der Waals surface area (Å²) in [5.41, 5.74) is 1.16. The number of nitrogens with one attached hydrogen (secondary N) is 2. The number of anilines is 2. The fraction of sp³-hybridized carbons (Fsp3) is 0.292. The molecule has 33 heavy (non-hydrogen) atoms. The van der Waals surface area contributed by atoms with Gasteiger partial charge in [0.2, 0.25) is 11.8 Å². The Labute approximate surface area is 196 Å².